The molecule has 0 N–H and O–H groups in total. The van der Waals surface area contributed by atoms with Crippen LogP contribution in [0.5, 0.6) is 5.88 Å². The minimum atomic E-state index is -5.11. The predicted molar refractivity (Wildman–Crippen MR) is 61.4 cm³/mol. The Morgan fingerprint density at radius 2 is 2.05 bits per heavy atom. The van der Waals surface area contributed by atoms with E-state index in [4.69, 9.17) is 11.6 Å². The number of alkyl halides is 6. The molecule has 4 nitrogen and oxygen atoms in total. The molecular weight excluding hydrogens is 325 g/mol. The van der Waals surface area contributed by atoms with Crippen LogP contribution in [0.4, 0.5) is 22.0 Å². The molecular formula is C11H9ClF5NO3. The summed E-state index contributed by atoms with van der Waals surface area (Å²) < 4.78 is 70.5. The maximum absolute atomic E-state index is 12.9. The van der Waals surface area contributed by atoms with Gasteiger partial charge in [0.2, 0.25) is 5.88 Å². The smallest absolute Gasteiger partial charge is 0.462 e. The lowest BCUT2D eigenvalue weighted by atomic mass is 10.1. The number of carbonyl (C=O) groups excluding carboxylic acids is 1. The van der Waals surface area contributed by atoms with E-state index in [-0.39, 0.29) is 6.61 Å². The van der Waals surface area contributed by atoms with Crippen molar-refractivity contribution in [3.63, 3.8) is 0 Å². The zero-order chi connectivity index (χ0) is 16.2. The second-order valence-electron chi connectivity index (χ2n) is 3.57. The highest BCUT2D eigenvalue weighted by Gasteiger charge is 2.35. The molecule has 1 rings (SSSR count). The molecule has 0 fully saturated rings. The van der Waals surface area contributed by atoms with Crippen LogP contribution < -0.4 is 4.74 Å². The second-order valence-corrected chi connectivity index (χ2v) is 3.84. The van der Waals surface area contributed by atoms with Crippen molar-refractivity contribution in [1.29, 1.82) is 0 Å². The summed E-state index contributed by atoms with van der Waals surface area (Å²) in [6.07, 6.45) is -7.82. The molecule has 0 aliphatic carbocycles. The molecule has 0 aliphatic heterocycles. The number of pyridine rings is 1. The van der Waals surface area contributed by atoms with Gasteiger partial charge in [-0.05, 0) is 6.92 Å². The van der Waals surface area contributed by atoms with Crippen molar-refractivity contribution in [3.05, 3.63) is 22.9 Å². The summed E-state index contributed by atoms with van der Waals surface area (Å²) in [5.74, 6) is -2.98. The molecule has 0 saturated heterocycles. The van der Waals surface area contributed by atoms with Crippen LogP contribution in [-0.4, -0.2) is 23.9 Å². The molecule has 1 aromatic rings. The molecule has 0 radical (unpaired) electrons. The first-order valence-electron chi connectivity index (χ1n) is 5.50. The monoisotopic (exact) mass is 333 g/mol. The molecule has 1 aromatic heterocycles. The van der Waals surface area contributed by atoms with Crippen LogP contribution >= 0.6 is 11.6 Å². The zero-order valence-corrected chi connectivity index (χ0v) is 11.3. The number of hydrogen-bond acceptors (Lipinski definition) is 4. The van der Waals surface area contributed by atoms with E-state index in [0.717, 1.165) is 0 Å². The van der Waals surface area contributed by atoms with Crippen molar-refractivity contribution >= 4 is 17.6 Å². The van der Waals surface area contributed by atoms with Crippen LogP contribution in [0.1, 0.15) is 34.8 Å². The standard InChI is InChI=1S/C11H9ClF5NO3/c1-2-20-10(19)7-5(3-12)9(21-11(15,16)17)18-4-6(7)8(13)14/h4,8H,2-3H2,1H3. The maximum Gasteiger partial charge on any atom is 0.574 e. The molecule has 0 spiro atoms. The molecule has 0 amide bonds. The number of rotatable bonds is 5. The highest BCUT2D eigenvalue weighted by molar-refractivity contribution is 6.18. The quantitative estimate of drug-likeness (QED) is 0.467. The lowest BCUT2D eigenvalue weighted by Crippen LogP contribution is -2.21. The predicted octanol–water partition coefficient (Wildman–Crippen LogP) is 3.83. The van der Waals surface area contributed by atoms with Crippen molar-refractivity contribution in [1.82, 2.24) is 4.98 Å². The molecule has 0 bridgehead atoms. The van der Waals surface area contributed by atoms with Gasteiger partial charge in [-0.15, -0.1) is 24.8 Å². The van der Waals surface area contributed by atoms with Crippen LogP contribution in [0.2, 0.25) is 0 Å². The molecule has 0 aromatic carbocycles. The van der Waals surface area contributed by atoms with Crippen molar-refractivity contribution in [2.24, 2.45) is 0 Å². The lowest BCUT2D eigenvalue weighted by molar-refractivity contribution is -0.276. The number of aromatic nitrogens is 1. The summed E-state index contributed by atoms with van der Waals surface area (Å²) in [6.45, 7) is 1.26. The van der Waals surface area contributed by atoms with Gasteiger partial charge < -0.3 is 9.47 Å². The normalized spacial score (nSPS) is 11.6. The van der Waals surface area contributed by atoms with Gasteiger partial charge in [0.15, 0.2) is 0 Å². The van der Waals surface area contributed by atoms with Crippen LogP contribution in [0.15, 0.2) is 6.20 Å². The minimum absolute atomic E-state index is 0.152. The zero-order valence-electron chi connectivity index (χ0n) is 10.5. The summed E-state index contributed by atoms with van der Waals surface area (Å²) in [7, 11) is 0. The number of carbonyl (C=O) groups is 1. The van der Waals surface area contributed by atoms with E-state index in [9.17, 15) is 26.7 Å². The first-order chi connectivity index (χ1) is 9.71. The van der Waals surface area contributed by atoms with E-state index in [1.165, 1.54) is 6.92 Å². The van der Waals surface area contributed by atoms with Gasteiger partial charge in [-0.3, -0.25) is 0 Å². The van der Waals surface area contributed by atoms with Crippen molar-refractivity contribution in [3.8, 4) is 5.88 Å². The van der Waals surface area contributed by atoms with E-state index >= 15 is 0 Å². The van der Waals surface area contributed by atoms with Crippen LogP contribution in [-0.2, 0) is 10.6 Å². The molecule has 0 unspecified atom stereocenters. The van der Waals surface area contributed by atoms with Crippen LogP contribution in [0.25, 0.3) is 0 Å². The summed E-state index contributed by atoms with van der Waals surface area (Å²) >= 11 is 5.45. The van der Waals surface area contributed by atoms with Gasteiger partial charge in [-0.25, -0.2) is 18.6 Å². The highest BCUT2D eigenvalue weighted by Crippen LogP contribution is 2.33. The average molecular weight is 334 g/mol. The Morgan fingerprint density at radius 1 is 1.43 bits per heavy atom. The van der Waals surface area contributed by atoms with Crippen molar-refractivity contribution < 1.29 is 36.2 Å². The summed E-state index contributed by atoms with van der Waals surface area (Å²) in [5.41, 5.74) is -2.25. The number of esters is 1. The average Bonchev–Trinajstić information content (AvgIpc) is 2.36. The van der Waals surface area contributed by atoms with Gasteiger partial charge in [0.1, 0.15) is 0 Å². The second kappa shape index (κ2) is 6.88. The summed E-state index contributed by atoms with van der Waals surface area (Å²) in [6, 6.07) is 0. The Morgan fingerprint density at radius 3 is 2.48 bits per heavy atom. The molecule has 118 valence electrons. The minimum Gasteiger partial charge on any atom is -0.462 e. The third-order valence-electron chi connectivity index (χ3n) is 2.23. The number of halogens is 6. The van der Waals surface area contributed by atoms with Gasteiger partial charge in [0.05, 0.1) is 23.6 Å². The van der Waals surface area contributed by atoms with Gasteiger partial charge >= 0.3 is 12.3 Å². The van der Waals surface area contributed by atoms with Gasteiger partial charge in [0.25, 0.3) is 6.43 Å². The van der Waals surface area contributed by atoms with Crippen LogP contribution in [0, 0.1) is 0 Å². The Hall–Kier alpha value is -1.64. The molecule has 0 saturated carbocycles. The van der Waals surface area contributed by atoms with E-state index in [1.54, 1.807) is 0 Å². The lowest BCUT2D eigenvalue weighted by Gasteiger charge is -2.16. The van der Waals surface area contributed by atoms with E-state index < -0.39 is 47.2 Å². The molecule has 21 heavy (non-hydrogen) atoms. The van der Waals surface area contributed by atoms with Crippen molar-refractivity contribution in [2.45, 2.75) is 25.6 Å². The Labute approximate surface area is 120 Å². The third kappa shape index (κ3) is 4.42. The molecule has 1 heterocycles. The number of nitrogens with zero attached hydrogens (tertiary/aromatic N) is 1. The summed E-state index contributed by atoms with van der Waals surface area (Å²) in [5, 5.41) is 0. The third-order valence-corrected chi connectivity index (χ3v) is 2.50. The fourth-order valence-corrected chi connectivity index (χ4v) is 1.73. The van der Waals surface area contributed by atoms with E-state index in [2.05, 4.69) is 14.5 Å². The molecule has 10 heteroatoms. The molecule has 0 aliphatic rings. The Bertz CT molecular complexity index is 521. The topological polar surface area (TPSA) is 48.4 Å². The largest absolute Gasteiger partial charge is 0.574 e. The van der Waals surface area contributed by atoms with Gasteiger partial charge in [-0.2, -0.15) is 0 Å². The van der Waals surface area contributed by atoms with Crippen molar-refractivity contribution in [2.75, 3.05) is 6.61 Å². The van der Waals surface area contributed by atoms with Crippen LogP contribution in [0.3, 0.4) is 0 Å². The first-order valence-corrected chi connectivity index (χ1v) is 6.03. The number of ether oxygens (including phenoxy) is 2. The fourth-order valence-electron chi connectivity index (χ4n) is 1.48. The van der Waals surface area contributed by atoms with Gasteiger partial charge in [0, 0.05) is 11.8 Å². The number of hydrogen-bond donors (Lipinski definition) is 0. The Balaban J connectivity index is 3.45. The SMILES string of the molecule is CCOC(=O)c1c(C(F)F)cnc(OC(F)(F)F)c1CCl. The maximum atomic E-state index is 12.9. The fraction of sp³-hybridized carbons (Fsp3) is 0.455. The molecule has 0 atom stereocenters. The Kier molecular flexibility index (Phi) is 5.70. The summed E-state index contributed by atoms with van der Waals surface area (Å²) in [4.78, 5) is 14.8. The highest BCUT2D eigenvalue weighted by atomic mass is 35.5. The van der Waals surface area contributed by atoms with E-state index in [0.29, 0.717) is 6.20 Å². The van der Waals surface area contributed by atoms with E-state index in [1.807, 2.05) is 0 Å². The first kappa shape index (κ1) is 17.4. The van der Waals surface area contributed by atoms with Gasteiger partial charge in [-0.1, -0.05) is 0 Å².